The molecule has 7 heteroatoms. The summed E-state index contributed by atoms with van der Waals surface area (Å²) < 4.78 is 2.61. The first kappa shape index (κ1) is 21.6. The fraction of sp³-hybridized carbons (Fsp3) is 0.240. The number of aromatic nitrogens is 2. The molecular formula is C25H21BrN2O2S2. The van der Waals surface area contributed by atoms with Gasteiger partial charge >= 0.3 is 0 Å². The Morgan fingerprint density at radius 1 is 1.19 bits per heavy atom. The summed E-state index contributed by atoms with van der Waals surface area (Å²) in [7, 11) is 0. The van der Waals surface area contributed by atoms with E-state index in [0.29, 0.717) is 16.6 Å². The summed E-state index contributed by atoms with van der Waals surface area (Å²) in [5, 5.41) is 1.31. The zero-order valence-electron chi connectivity index (χ0n) is 17.5. The van der Waals surface area contributed by atoms with Gasteiger partial charge in [0, 0.05) is 14.9 Å². The van der Waals surface area contributed by atoms with Crippen LogP contribution in [0.5, 0.6) is 0 Å². The number of carbonyl (C=O) groups is 1. The Hall–Kier alpha value is -2.22. The highest BCUT2D eigenvalue weighted by Gasteiger charge is 2.25. The lowest BCUT2D eigenvalue weighted by molar-refractivity contribution is 0.102. The maximum absolute atomic E-state index is 13.8. The van der Waals surface area contributed by atoms with Crippen molar-refractivity contribution in [2.45, 2.75) is 31.3 Å². The number of fused-ring (bicyclic) bond motifs is 3. The van der Waals surface area contributed by atoms with Crippen LogP contribution in [0.4, 0.5) is 0 Å². The molecule has 0 spiro atoms. The molecule has 1 atom stereocenters. The number of carbonyl (C=O) groups excluding carboxylic acids is 1. The fourth-order valence-corrected chi connectivity index (χ4v) is 6.56. The Balaban J connectivity index is 1.59. The third kappa shape index (κ3) is 4.09. The quantitative estimate of drug-likeness (QED) is 0.174. The Kier molecular flexibility index (Phi) is 6.05. The zero-order valence-corrected chi connectivity index (χ0v) is 20.7. The van der Waals surface area contributed by atoms with Crippen LogP contribution < -0.4 is 5.56 Å². The summed E-state index contributed by atoms with van der Waals surface area (Å²) in [6.45, 7) is 2.24. The Labute approximate surface area is 202 Å². The fourth-order valence-electron chi connectivity index (χ4n) is 4.13. The predicted molar refractivity (Wildman–Crippen MR) is 136 cm³/mol. The molecule has 0 fully saturated rings. The largest absolute Gasteiger partial charge is 0.293 e. The molecule has 2 aromatic heterocycles. The van der Waals surface area contributed by atoms with E-state index in [0.717, 1.165) is 39.6 Å². The normalized spacial score (nSPS) is 15.6. The molecule has 0 N–H and O–H groups in total. The Morgan fingerprint density at radius 2 is 1.94 bits per heavy atom. The van der Waals surface area contributed by atoms with E-state index in [2.05, 4.69) is 22.9 Å². The molecular weight excluding hydrogens is 504 g/mol. The van der Waals surface area contributed by atoms with Crippen LogP contribution in [0.2, 0.25) is 0 Å². The third-order valence-corrected chi connectivity index (χ3v) is 8.46. The van der Waals surface area contributed by atoms with Gasteiger partial charge in [0.05, 0.1) is 16.8 Å². The van der Waals surface area contributed by atoms with E-state index in [1.54, 1.807) is 15.9 Å². The monoisotopic (exact) mass is 524 g/mol. The van der Waals surface area contributed by atoms with Crippen molar-refractivity contribution in [2.24, 2.45) is 5.92 Å². The number of aryl methyl sites for hydroxylation is 1. The maximum Gasteiger partial charge on any atom is 0.267 e. The minimum atomic E-state index is -0.0357. The summed E-state index contributed by atoms with van der Waals surface area (Å²) in [6, 6.07) is 16.9. The number of ketones is 1. The van der Waals surface area contributed by atoms with Gasteiger partial charge in [-0.15, -0.1) is 11.3 Å². The molecule has 1 aliphatic rings. The number of thioether (sulfide) groups is 1. The number of hydrogen-bond acceptors (Lipinski definition) is 5. The molecule has 4 aromatic rings. The number of para-hydroxylation sites is 1. The summed E-state index contributed by atoms with van der Waals surface area (Å²) in [6.07, 6.45) is 3.08. The van der Waals surface area contributed by atoms with Gasteiger partial charge in [-0.05, 0) is 55.0 Å². The second-order valence-corrected chi connectivity index (χ2v) is 11.1. The number of nitrogens with zero attached hydrogens (tertiary/aromatic N) is 2. The van der Waals surface area contributed by atoms with Gasteiger partial charge in [0.15, 0.2) is 10.9 Å². The Morgan fingerprint density at radius 3 is 2.69 bits per heavy atom. The molecule has 5 rings (SSSR count). The highest BCUT2D eigenvalue weighted by molar-refractivity contribution is 9.10. The smallest absolute Gasteiger partial charge is 0.267 e. The van der Waals surface area contributed by atoms with Gasteiger partial charge in [-0.3, -0.25) is 14.2 Å². The molecule has 0 bridgehead atoms. The average Bonchev–Trinajstić information content (AvgIpc) is 3.16. The number of benzene rings is 2. The van der Waals surface area contributed by atoms with Gasteiger partial charge in [-0.1, -0.05) is 64.9 Å². The van der Waals surface area contributed by atoms with Crippen LogP contribution in [0.3, 0.4) is 0 Å². The first-order chi connectivity index (χ1) is 15.5. The topological polar surface area (TPSA) is 52.0 Å². The molecule has 1 unspecified atom stereocenters. The number of rotatable bonds is 5. The summed E-state index contributed by atoms with van der Waals surface area (Å²) in [5.41, 5.74) is 2.56. The maximum atomic E-state index is 13.8. The number of halogens is 1. The number of thiophene rings is 1. The van der Waals surface area contributed by atoms with E-state index in [1.807, 2.05) is 54.6 Å². The van der Waals surface area contributed by atoms with E-state index in [1.165, 1.54) is 22.2 Å². The van der Waals surface area contributed by atoms with Gasteiger partial charge in [0.1, 0.15) is 4.83 Å². The van der Waals surface area contributed by atoms with Gasteiger partial charge < -0.3 is 0 Å². The van der Waals surface area contributed by atoms with Crippen LogP contribution in [-0.4, -0.2) is 21.1 Å². The van der Waals surface area contributed by atoms with E-state index in [-0.39, 0.29) is 17.1 Å². The van der Waals surface area contributed by atoms with Crippen LogP contribution in [0.25, 0.3) is 15.9 Å². The Bertz CT molecular complexity index is 1360. The summed E-state index contributed by atoms with van der Waals surface area (Å²) >= 11 is 6.36. The first-order valence-corrected chi connectivity index (χ1v) is 13.1. The van der Waals surface area contributed by atoms with E-state index >= 15 is 0 Å². The molecule has 2 aromatic carbocycles. The third-order valence-electron chi connectivity index (χ3n) is 5.81. The van der Waals surface area contributed by atoms with E-state index in [9.17, 15) is 9.59 Å². The van der Waals surface area contributed by atoms with Crippen molar-refractivity contribution < 1.29 is 4.79 Å². The van der Waals surface area contributed by atoms with E-state index in [4.69, 9.17) is 4.98 Å². The molecule has 0 saturated carbocycles. The molecule has 0 aliphatic heterocycles. The highest BCUT2D eigenvalue weighted by atomic mass is 79.9. The van der Waals surface area contributed by atoms with Crippen molar-refractivity contribution >= 4 is 55.0 Å². The van der Waals surface area contributed by atoms with Gasteiger partial charge in [0.25, 0.3) is 5.56 Å². The van der Waals surface area contributed by atoms with Crippen molar-refractivity contribution in [1.29, 1.82) is 0 Å². The zero-order chi connectivity index (χ0) is 22.2. The first-order valence-electron chi connectivity index (χ1n) is 10.6. The van der Waals surface area contributed by atoms with Crippen molar-refractivity contribution in [2.75, 3.05) is 5.75 Å². The molecule has 2 heterocycles. The highest BCUT2D eigenvalue weighted by Crippen LogP contribution is 2.37. The molecule has 4 nitrogen and oxygen atoms in total. The van der Waals surface area contributed by atoms with Crippen LogP contribution >= 0.6 is 39.0 Å². The van der Waals surface area contributed by atoms with Crippen molar-refractivity contribution in [3.63, 3.8) is 0 Å². The summed E-state index contributed by atoms with van der Waals surface area (Å²) in [4.78, 5) is 33.5. The van der Waals surface area contributed by atoms with Crippen LogP contribution in [0.1, 0.15) is 34.1 Å². The van der Waals surface area contributed by atoms with Crippen molar-refractivity contribution in [3.05, 3.63) is 85.4 Å². The lowest BCUT2D eigenvalue weighted by Gasteiger charge is -2.18. The molecule has 0 amide bonds. The predicted octanol–water partition coefficient (Wildman–Crippen LogP) is 6.31. The van der Waals surface area contributed by atoms with Crippen LogP contribution in [0, 0.1) is 5.92 Å². The average molecular weight is 525 g/mol. The molecule has 162 valence electrons. The molecule has 0 radical (unpaired) electrons. The van der Waals surface area contributed by atoms with Gasteiger partial charge in [0.2, 0.25) is 0 Å². The van der Waals surface area contributed by atoms with Gasteiger partial charge in [-0.25, -0.2) is 4.98 Å². The second kappa shape index (κ2) is 8.96. The minimum Gasteiger partial charge on any atom is -0.293 e. The number of hydrogen-bond donors (Lipinski definition) is 0. The SMILES string of the molecule is CC1CCc2sc3nc(SCC(=O)c4ccc(Br)cc4)n(-c4ccccc4)c(=O)c3c2C1. The summed E-state index contributed by atoms with van der Waals surface area (Å²) in [5.74, 6) is 0.798. The number of Topliss-reactive ketones (excluding diaryl/α,β-unsaturated/α-hetero) is 1. The van der Waals surface area contributed by atoms with Crippen LogP contribution in [-0.2, 0) is 12.8 Å². The van der Waals surface area contributed by atoms with Crippen molar-refractivity contribution in [1.82, 2.24) is 9.55 Å². The van der Waals surface area contributed by atoms with Gasteiger partial charge in [-0.2, -0.15) is 0 Å². The lowest BCUT2D eigenvalue weighted by Crippen LogP contribution is -2.23. The molecule has 1 aliphatic carbocycles. The lowest BCUT2D eigenvalue weighted by atomic mass is 9.89. The van der Waals surface area contributed by atoms with Crippen LogP contribution in [0.15, 0.2) is 69.0 Å². The molecule has 32 heavy (non-hydrogen) atoms. The van der Waals surface area contributed by atoms with E-state index < -0.39 is 0 Å². The minimum absolute atomic E-state index is 0.00996. The van der Waals surface area contributed by atoms with Crippen molar-refractivity contribution in [3.8, 4) is 5.69 Å². The standard InChI is InChI=1S/C25H21BrN2O2S2/c1-15-7-12-21-19(13-15)22-23(32-21)27-25(28(24(22)30)18-5-3-2-4-6-18)31-14-20(29)16-8-10-17(26)11-9-16/h2-6,8-11,15H,7,12-14H2,1H3. The molecule has 0 saturated heterocycles. The second-order valence-electron chi connectivity index (χ2n) is 8.12.